The molecule has 0 saturated heterocycles. The van der Waals surface area contributed by atoms with Crippen LogP contribution in [0.4, 0.5) is 0 Å². The van der Waals surface area contributed by atoms with Crippen molar-refractivity contribution in [3.05, 3.63) is 36.3 Å². The molecule has 0 spiro atoms. The minimum absolute atomic E-state index is 0.460. The maximum absolute atomic E-state index is 8.72. The Morgan fingerprint density at radius 1 is 1.53 bits per heavy atom. The van der Waals surface area contributed by atoms with Gasteiger partial charge in [-0.1, -0.05) is 12.2 Å². The van der Waals surface area contributed by atoms with Crippen molar-refractivity contribution in [2.75, 3.05) is 6.54 Å². The van der Waals surface area contributed by atoms with Gasteiger partial charge in [-0.15, -0.1) is 0 Å². The van der Waals surface area contributed by atoms with Crippen molar-refractivity contribution >= 4 is 0 Å². The zero-order valence-electron chi connectivity index (χ0n) is 10.0. The van der Waals surface area contributed by atoms with E-state index in [9.17, 15) is 0 Å². The molecule has 0 N–H and O–H groups in total. The maximum atomic E-state index is 8.72. The summed E-state index contributed by atoms with van der Waals surface area (Å²) < 4.78 is 5.39. The highest BCUT2D eigenvalue weighted by Crippen LogP contribution is 2.19. The smallest absolute Gasteiger partial charge is 0.117 e. The van der Waals surface area contributed by atoms with Crippen LogP contribution in [-0.2, 0) is 6.54 Å². The van der Waals surface area contributed by atoms with Gasteiger partial charge in [0, 0.05) is 19.0 Å². The van der Waals surface area contributed by atoms with Crippen LogP contribution in [0.15, 0.2) is 35.0 Å². The average molecular weight is 230 g/mol. The summed E-state index contributed by atoms with van der Waals surface area (Å²) in [6.07, 6.45) is 10.4. The number of rotatable bonds is 5. The van der Waals surface area contributed by atoms with E-state index in [1.807, 2.05) is 12.1 Å². The van der Waals surface area contributed by atoms with Crippen molar-refractivity contribution in [2.45, 2.75) is 38.3 Å². The zero-order chi connectivity index (χ0) is 11.9. The Kier molecular flexibility index (Phi) is 4.40. The molecule has 1 heterocycles. The lowest BCUT2D eigenvalue weighted by atomic mass is 10.0. The molecule has 1 aromatic heterocycles. The van der Waals surface area contributed by atoms with Crippen LogP contribution < -0.4 is 0 Å². The van der Waals surface area contributed by atoms with Crippen molar-refractivity contribution in [1.29, 1.82) is 5.26 Å². The van der Waals surface area contributed by atoms with Crippen LogP contribution in [0.5, 0.6) is 0 Å². The van der Waals surface area contributed by atoms with Gasteiger partial charge in [-0.05, 0) is 31.4 Å². The summed E-state index contributed by atoms with van der Waals surface area (Å²) in [5, 5.41) is 8.72. The minimum atomic E-state index is 0.460. The summed E-state index contributed by atoms with van der Waals surface area (Å²) in [6.45, 7) is 1.61. The molecule has 1 aliphatic carbocycles. The molecule has 0 radical (unpaired) electrons. The van der Waals surface area contributed by atoms with E-state index in [0.29, 0.717) is 12.5 Å². The Labute approximate surface area is 102 Å². The summed E-state index contributed by atoms with van der Waals surface area (Å²) in [5.74, 6) is 0.974. The Morgan fingerprint density at radius 3 is 3.12 bits per heavy atom. The predicted octanol–water partition coefficient (Wildman–Crippen LogP) is 3.10. The van der Waals surface area contributed by atoms with Gasteiger partial charge in [0.05, 0.1) is 18.9 Å². The standard InChI is InChI=1S/C14H18N2O/c15-9-5-10-16(12-14-8-4-11-17-14)13-6-2-1-3-7-13/h2,4,6,8,11,13H,1,3,5,7,10,12H2. The van der Waals surface area contributed by atoms with E-state index in [1.54, 1.807) is 6.26 Å². The summed E-state index contributed by atoms with van der Waals surface area (Å²) >= 11 is 0. The molecule has 1 unspecified atom stereocenters. The Hall–Kier alpha value is -1.53. The Bertz CT molecular complexity index is 389. The highest BCUT2D eigenvalue weighted by atomic mass is 16.3. The molecule has 3 nitrogen and oxygen atoms in total. The van der Waals surface area contributed by atoms with E-state index in [1.165, 1.54) is 19.3 Å². The van der Waals surface area contributed by atoms with Crippen molar-refractivity contribution in [3.63, 3.8) is 0 Å². The second-order valence-electron chi connectivity index (χ2n) is 4.38. The van der Waals surface area contributed by atoms with Gasteiger partial charge in [0.1, 0.15) is 5.76 Å². The van der Waals surface area contributed by atoms with E-state index in [2.05, 4.69) is 23.1 Å². The maximum Gasteiger partial charge on any atom is 0.117 e. The van der Waals surface area contributed by atoms with Crippen LogP contribution in [0, 0.1) is 11.3 Å². The number of hydrogen-bond acceptors (Lipinski definition) is 3. The van der Waals surface area contributed by atoms with Crippen LogP contribution >= 0.6 is 0 Å². The van der Waals surface area contributed by atoms with Gasteiger partial charge < -0.3 is 4.42 Å². The topological polar surface area (TPSA) is 40.2 Å². The van der Waals surface area contributed by atoms with Crippen molar-refractivity contribution in [3.8, 4) is 6.07 Å². The molecule has 0 saturated carbocycles. The number of hydrogen-bond donors (Lipinski definition) is 0. The first kappa shape index (κ1) is 11.9. The van der Waals surface area contributed by atoms with Crippen LogP contribution in [0.1, 0.15) is 31.4 Å². The molecule has 0 bridgehead atoms. The third-order valence-electron chi connectivity index (χ3n) is 3.15. The molecule has 0 aliphatic heterocycles. The normalized spacial score (nSPS) is 19.4. The van der Waals surface area contributed by atoms with Crippen LogP contribution in [-0.4, -0.2) is 17.5 Å². The van der Waals surface area contributed by atoms with E-state index in [4.69, 9.17) is 9.68 Å². The van der Waals surface area contributed by atoms with Gasteiger partial charge in [-0.25, -0.2) is 0 Å². The van der Waals surface area contributed by atoms with E-state index >= 15 is 0 Å². The number of nitrogens with zero attached hydrogens (tertiary/aromatic N) is 2. The highest BCUT2D eigenvalue weighted by Gasteiger charge is 2.18. The number of nitriles is 1. The van der Waals surface area contributed by atoms with E-state index in [-0.39, 0.29) is 0 Å². The van der Waals surface area contributed by atoms with Gasteiger partial charge in [0.15, 0.2) is 0 Å². The molecule has 90 valence electrons. The second-order valence-corrected chi connectivity index (χ2v) is 4.38. The fourth-order valence-corrected chi connectivity index (χ4v) is 2.26. The zero-order valence-corrected chi connectivity index (χ0v) is 10.0. The molecule has 0 aromatic carbocycles. The lowest BCUT2D eigenvalue weighted by Gasteiger charge is -2.30. The average Bonchev–Trinajstić information content (AvgIpc) is 2.88. The molecule has 1 aromatic rings. The lowest BCUT2D eigenvalue weighted by molar-refractivity contribution is 0.194. The summed E-state index contributed by atoms with van der Waals surface area (Å²) in [7, 11) is 0. The molecule has 1 aliphatic rings. The Morgan fingerprint density at radius 2 is 2.47 bits per heavy atom. The number of furan rings is 1. The van der Waals surface area contributed by atoms with Gasteiger partial charge in [0.25, 0.3) is 0 Å². The SMILES string of the molecule is N#CCCN(Cc1ccco1)C1C=CCCC1. The first-order valence-corrected chi connectivity index (χ1v) is 6.20. The van der Waals surface area contributed by atoms with Gasteiger partial charge in [-0.2, -0.15) is 5.26 Å². The first-order chi connectivity index (χ1) is 8.40. The van der Waals surface area contributed by atoms with E-state index < -0.39 is 0 Å². The molecule has 2 rings (SSSR count). The third-order valence-corrected chi connectivity index (χ3v) is 3.15. The van der Waals surface area contributed by atoms with Crippen LogP contribution in [0.25, 0.3) is 0 Å². The van der Waals surface area contributed by atoms with Crippen molar-refractivity contribution < 1.29 is 4.42 Å². The largest absolute Gasteiger partial charge is 0.468 e. The summed E-state index contributed by atoms with van der Waals surface area (Å²) in [4.78, 5) is 2.33. The predicted molar refractivity (Wildman–Crippen MR) is 66.1 cm³/mol. The van der Waals surface area contributed by atoms with Crippen LogP contribution in [0.2, 0.25) is 0 Å². The molecular weight excluding hydrogens is 212 g/mol. The monoisotopic (exact) mass is 230 g/mol. The van der Waals surface area contributed by atoms with Crippen LogP contribution in [0.3, 0.4) is 0 Å². The lowest BCUT2D eigenvalue weighted by Crippen LogP contribution is -2.35. The highest BCUT2D eigenvalue weighted by molar-refractivity contribution is 5.03. The molecule has 17 heavy (non-hydrogen) atoms. The molecule has 0 amide bonds. The molecule has 3 heteroatoms. The Balaban J connectivity index is 1.99. The third kappa shape index (κ3) is 3.47. The summed E-state index contributed by atoms with van der Waals surface area (Å²) in [6, 6.07) is 6.58. The molecular formula is C14H18N2O. The first-order valence-electron chi connectivity index (χ1n) is 6.20. The van der Waals surface area contributed by atoms with Crippen molar-refractivity contribution in [2.24, 2.45) is 0 Å². The van der Waals surface area contributed by atoms with Gasteiger partial charge in [-0.3, -0.25) is 4.90 Å². The number of allylic oxidation sites excluding steroid dienone is 1. The second kappa shape index (κ2) is 6.27. The fourth-order valence-electron chi connectivity index (χ4n) is 2.26. The minimum Gasteiger partial charge on any atom is -0.468 e. The molecule has 0 fully saturated rings. The van der Waals surface area contributed by atoms with Gasteiger partial charge in [0.2, 0.25) is 0 Å². The van der Waals surface area contributed by atoms with Crippen molar-refractivity contribution in [1.82, 2.24) is 4.90 Å². The van der Waals surface area contributed by atoms with E-state index in [0.717, 1.165) is 18.8 Å². The van der Waals surface area contributed by atoms with Gasteiger partial charge >= 0.3 is 0 Å². The molecule has 1 atom stereocenters. The fraction of sp³-hybridized carbons (Fsp3) is 0.500. The summed E-state index contributed by atoms with van der Waals surface area (Å²) in [5.41, 5.74) is 0. The quantitative estimate of drug-likeness (QED) is 0.730.